The number of ether oxygens (including phenoxy) is 2. The van der Waals surface area contributed by atoms with Gasteiger partial charge in [0.15, 0.2) is 0 Å². The molecule has 0 spiro atoms. The van der Waals surface area contributed by atoms with Gasteiger partial charge in [0.25, 0.3) is 5.91 Å². The summed E-state index contributed by atoms with van der Waals surface area (Å²) in [4.78, 5) is 92.5. The number of rotatable bonds is 19. The third-order valence-electron chi connectivity index (χ3n) is 9.11. The maximum absolute atomic E-state index is 13.6. The summed E-state index contributed by atoms with van der Waals surface area (Å²) in [6, 6.07) is 3.35. The molecule has 2 rings (SSSR count). The van der Waals surface area contributed by atoms with Crippen molar-refractivity contribution in [1.82, 2.24) is 37.0 Å². The number of hydrogen-bond acceptors (Lipinski definition) is 10. The molecule has 1 aliphatic rings. The molecule has 0 bridgehead atoms. The van der Waals surface area contributed by atoms with Crippen LogP contribution in [0.4, 0.5) is 4.79 Å². The zero-order valence-corrected chi connectivity index (χ0v) is 32.4. The van der Waals surface area contributed by atoms with Crippen molar-refractivity contribution in [3.8, 4) is 0 Å². The van der Waals surface area contributed by atoms with Gasteiger partial charge in [0.2, 0.25) is 23.6 Å². The first-order valence-corrected chi connectivity index (χ1v) is 18.3. The van der Waals surface area contributed by atoms with Gasteiger partial charge in [-0.25, -0.2) is 15.0 Å². The normalized spacial score (nSPS) is 17.4. The first kappa shape index (κ1) is 44.4. The second-order valence-electron chi connectivity index (χ2n) is 14.3. The molecule has 7 atom stereocenters. The fourth-order valence-corrected chi connectivity index (χ4v) is 5.76. The standard InChI is InChI=1S/C37H59N7O9/c1-10-23(6)30(33(47)40-27(19-21(2)3)36(50)52-9)42-43-34(48)29(22(4)5)41-32(46)28-17-14-18-44(28)35(49)25(8)38-31(45)24(7)39-37(51)53-20-26-15-12-11-13-16-26/h11-13,15-16,21-25,27-30,42H,10,14,17-20H2,1-9H3,(H,38,45)(H,39,51)(H,40,47)(H,41,46)(H,43,48)/t23-,24-,25-,27-,28-,29-,30-/m0/s1. The summed E-state index contributed by atoms with van der Waals surface area (Å²) in [6.45, 7) is 14.3. The van der Waals surface area contributed by atoms with Gasteiger partial charge in [-0.1, -0.05) is 78.3 Å². The first-order chi connectivity index (χ1) is 25.0. The molecule has 1 saturated heterocycles. The lowest BCUT2D eigenvalue weighted by Gasteiger charge is -2.30. The predicted molar refractivity (Wildman–Crippen MR) is 196 cm³/mol. The van der Waals surface area contributed by atoms with Crippen LogP contribution in [0.25, 0.3) is 0 Å². The van der Waals surface area contributed by atoms with E-state index in [9.17, 15) is 33.6 Å². The van der Waals surface area contributed by atoms with Crippen LogP contribution in [0.2, 0.25) is 0 Å². The van der Waals surface area contributed by atoms with E-state index in [0.29, 0.717) is 25.7 Å². The molecule has 53 heavy (non-hydrogen) atoms. The fourth-order valence-electron chi connectivity index (χ4n) is 5.76. The summed E-state index contributed by atoms with van der Waals surface area (Å²) in [5.74, 6) is -3.81. The second-order valence-corrected chi connectivity index (χ2v) is 14.3. The molecule has 0 aromatic heterocycles. The van der Waals surface area contributed by atoms with E-state index in [1.54, 1.807) is 26.0 Å². The highest BCUT2D eigenvalue weighted by atomic mass is 16.5. The third-order valence-corrected chi connectivity index (χ3v) is 9.11. The van der Waals surface area contributed by atoms with E-state index in [-0.39, 0.29) is 30.9 Å². The molecule has 1 heterocycles. The Hall–Kier alpha value is -4.73. The molecule has 0 saturated carbocycles. The molecule has 1 aromatic rings. The Kier molecular flexibility index (Phi) is 18.2. The molecule has 0 unspecified atom stereocenters. The van der Waals surface area contributed by atoms with Gasteiger partial charge in [-0.2, -0.15) is 0 Å². The number of hydrogen-bond donors (Lipinski definition) is 6. The van der Waals surface area contributed by atoms with E-state index in [2.05, 4.69) is 32.1 Å². The summed E-state index contributed by atoms with van der Waals surface area (Å²) in [5, 5.41) is 10.5. The minimum Gasteiger partial charge on any atom is -0.467 e. The molecule has 1 aromatic carbocycles. The Morgan fingerprint density at radius 1 is 0.811 bits per heavy atom. The van der Waals surface area contributed by atoms with E-state index >= 15 is 0 Å². The first-order valence-electron chi connectivity index (χ1n) is 18.3. The van der Waals surface area contributed by atoms with Gasteiger partial charge in [0, 0.05) is 6.54 Å². The molecular weight excluding hydrogens is 686 g/mol. The van der Waals surface area contributed by atoms with Gasteiger partial charge < -0.3 is 35.6 Å². The van der Waals surface area contributed by atoms with Crippen LogP contribution in [-0.4, -0.2) is 96.4 Å². The van der Waals surface area contributed by atoms with Crippen LogP contribution in [0, 0.1) is 17.8 Å². The van der Waals surface area contributed by atoms with Crippen molar-refractivity contribution in [3.63, 3.8) is 0 Å². The Morgan fingerprint density at radius 2 is 1.47 bits per heavy atom. The van der Waals surface area contributed by atoms with Crippen LogP contribution in [-0.2, 0) is 44.8 Å². The fraction of sp³-hybridized carbons (Fsp3) is 0.649. The summed E-state index contributed by atoms with van der Waals surface area (Å²) in [7, 11) is 1.25. The maximum atomic E-state index is 13.6. The summed E-state index contributed by atoms with van der Waals surface area (Å²) >= 11 is 0. The number of alkyl carbamates (subject to hydrolysis) is 1. The highest BCUT2D eigenvalue weighted by Crippen LogP contribution is 2.20. The van der Waals surface area contributed by atoms with Crippen molar-refractivity contribution in [2.45, 2.75) is 124 Å². The smallest absolute Gasteiger partial charge is 0.408 e. The molecule has 16 heteroatoms. The van der Waals surface area contributed by atoms with Crippen LogP contribution in [0.1, 0.15) is 86.6 Å². The van der Waals surface area contributed by atoms with Crippen LogP contribution in [0.5, 0.6) is 0 Å². The number of nitrogens with zero attached hydrogens (tertiary/aromatic N) is 1. The number of carbonyl (C=O) groups is 7. The molecule has 1 fully saturated rings. The minimum absolute atomic E-state index is 0.0251. The van der Waals surface area contributed by atoms with Crippen molar-refractivity contribution >= 4 is 41.6 Å². The Bertz CT molecular complexity index is 1410. The number of benzene rings is 1. The lowest BCUT2D eigenvalue weighted by molar-refractivity contribution is -0.146. The Balaban J connectivity index is 2.00. The highest BCUT2D eigenvalue weighted by molar-refractivity contribution is 5.95. The number of carbonyl (C=O) groups excluding carboxylic acids is 7. The molecule has 0 aliphatic carbocycles. The van der Waals surface area contributed by atoms with Crippen molar-refractivity contribution in [3.05, 3.63) is 35.9 Å². The molecule has 0 radical (unpaired) electrons. The lowest BCUT2D eigenvalue weighted by Crippen LogP contribution is -2.61. The summed E-state index contributed by atoms with van der Waals surface area (Å²) < 4.78 is 10.0. The van der Waals surface area contributed by atoms with E-state index < -0.39 is 77.8 Å². The Morgan fingerprint density at radius 3 is 2.06 bits per heavy atom. The predicted octanol–water partition coefficient (Wildman–Crippen LogP) is 1.68. The zero-order chi connectivity index (χ0) is 39.8. The van der Waals surface area contributed by atoms with Gasteiger partial charge in [-0.3, -0.25) is 29.4 Å². The second kappa shape index (κ2) is 21.7. The van der Waals surface area contributed by atoms with Crippen LogP contribution >= 0.6 is 0 Å². The van der Waals surface area contributed by atoms with Crippen LogP contribution < -0.4 is 32.1 Å². The number of likely N-dealkylation sites (tertiary alicyclic amines) is 1. The number of nitrogens with one attached hydrogen (secondary N) is 6. The van der Waals surface area contributed by atoms with Gasteiger partial charge in [0.1, 0.15) is 42.9 Å². The highest BCUT2D eigenvalue weighted by Gasteiger charge is 2.39. The molecule has 6 N–H and O–H groups in total. The summed E-state index contributed by atoms with van der Waals surface area (Å²) in [6.07, 6.45) is 1.04. The van der Waals surface area contributed by atoms with Crippen LogP contribution in [0.15, 0.2) is 30.3 Å². The minimum atomic E-state index is -1.03. The van der Waals surface area contributed by atoms with Crippen LogP contribution in [0.3, 0.4) is 0 Å². The van der Waals surface area contributed by atoms with Crippen molar-refractivity contribution in [2.75, 3.05) is 13.7 Å². The van der Waals surface area contributed by atoms with Crippen molar-refractivity contribution < 1.29 is 43.0 Å². The van der Waals surface area contributed by atoms with Gasteiger partial charge >= 0.3 is 12.1 Å². The van der Waals surface area contributed by atoms with Crippen molar-refractivity contribution in [1.29, 1.82) is 0 Å². The molecule has 296 valence electrons. The molecule has 6 amide bonds. The Labute approximate surface area is 312 Å². The largest absolute Gasteiger partial charge is 0.467 e. The SMILES string of the molecule is CC[C@H](C)[C@H](NNC(=O)[C@@H](NC(=O)[C@@H]1CCCN1C(=O)[C@H](C)NC(=O)[C@H](C)NC(=O)OCc1ccccc1)C(C)C)C(=O)N[C@@H](CC(C)C)C(=O)OC. The zero-order valence-electron chi connectivity index (χ0n) is 32.4. The number of methoxy groups -OCH3 is 1. The van der Waals surface area contributed by atoms with Crippen molar-refractivity contribution in [2.24, 2.45) is 17.8 Å². The average molecular weight is 746 g/mol. The number of amides is 6. The quantitative estimate of drug-likeness (QED) is 0.0891. The topological polar surface area (TPSA) is 213 Å². The molecule has 16 nitrogen and oxygen atoms in total. The van der Waals surface area contributed by atoms with E-state index in [0.717, 1.165) is 5.56 Å². The summed E-state index contributed by atoms with van der Waals surface area (Å²) in [5.41, 5.74) is 6.17. The van der Waals surface area contributed by atoms with Gasteiger partial charge in [-0.05, 0) is 56.4 Å². The third kappa shape index (κ3) is 14.0. The monoisotopic (exact) mass is 745 g/mol. The van der Waals surface area contributed by atoms with Gasteiger partial charge in [-0.15, -0.1) is 0 Å². The average Bonchev–Trinajstić information content (AvgIpc) is 3.62. The van der Waals surface area contributed by atoms with E-state index in [4.69, 9.17) is 9.47 Å². The molecular formula is C37H59N7O9. The van der Waals surface area contributed by atoms with E-state index in [1.807, 2.05) is 45.9 Å². The molecule has 1 aliphatic heterocycles. The van der Waals surface area contributed by atoms with E-state index in [1.165, 1.54) is 25.9 Å². The lowest BCUT2D eigenvalue weighted by atomic mass is 9.97. The maximum Gasteiger partial charge on any atom is 0.408 e. The number of hydrazine groups is 1. The number of esters is 1. The van der Waals surface area contributed by atoms with Gasteiger partial charge in [0.05, 0.1) is 7.11 Å².